The monoisotopic (exact) mass is 359 g/mol. The van der Waals surface area contributed by atoms with E-state index in [1.807, 2.05) is 0 Å². The number of methoxy groups -OCH3 is 1. The molecule has 0 radical (unpaired) electrons. The van der Waals surface area contributed by atoms with E-state index in [4.69, 9.17) is 4.74 Å². The number of ketones is 1. The number of rotatable bonds is 6. The van der Waals surface area contributed by atoms with Gasteiger partial charge >= 0.3 is 5.97 Å². The van der Waals surface area contributed by atoms with E-state index in [9.17, 15) is 19.5 Å². The molecule has 1 heterocycles. The number of carboxylic acids is 1. The maximum absolute atomic E-state index is 12.7. The first-order valence-corrected chi connectivity index (χ1v) is 9.22. The van der Waals surface area contributed by atoms with Gasteiger partial charge in [-0.1, -0.05) is 12.8 Å². The van der Waals surface area contributed by atoms with E-state index in [1.54, 1.807) is 36.3 Å². The minimum absolute atomic E-state index is 0.0217. The molecule has 3 atom stereocenters. The number of benzene rings is 1. The summed E-state index contributed by atoms with van der Waals surface area (Å²) < 4.78 is 5.07. The molecule has 1 aliphatic carbocycles. The van der Waals surface area contributed by atoms with Gasteiger partial charge in [-0.15, -0.1) is 0 Å². The smallest absolute Gasteiger partial charge is 0.326 e. The lowest BCUT2D eigenvalue weighted by Gasteiger charge is -2.33. The Kier molecular flexibility index (Phi) is 5.59. The van der Waals surface area contributed by atoms with Crippen LogP contribution in [0.2, 0.25) is 0 Å². The molecule has 2 aliphatic rings. The van der Waals surface area contributed by atoms with Crippen molar-refractivity contribution in [3.05, 3.63) is 29.8 Å². The third-order valence-electron chi connectivity index (χ3n) is 5.64. The number of fused-ring (bicyclic) bond motifs is 1. The van der Waals surface area contributed by atoms with Crippen LogP contribution in [-0.2, 0) is 9.59 Å². The van der Waals surface area contributed by atoms with Crippen LogP contribution in [0.5, 0.6) is 5.75 Å². The van der Waals surface area contributed by atoms with Crippen LogP contribution in [0.4, 0.5) is 0 Å². The van der Waals surface area contributed by atoms with E-state index in [1.165, 1.54) is 0 Å². The lowest BCUT2D eigenvalue weighted by Crippen LogP contribution is -2.46. The lowest BCUT2D eigenvalue weighted by atomic mass is 9.84. The van der Waals surface area contributed by atoms with Crippen LogP contribution in [0.25, 0.3) is 0 Å². The van der Waals surface area contributed by atoms with Gasteiger partial charge in [0.2, 0.25) is 5.91 Å². The molecule has 1 aromatic rings. The maximum atomic E-state index is 12.7. The van der Waals surface area contributed by atoms with Crippen LogP contribution >= 0.6 is 0 Å². The van der Waals surface area contributed by atoms with Crippen LogP contribution < -0.4 is 4.74 Å². The minimum atomic E-state index is -0.936. The molecule has 140 valence electrons. The van der Waals surface area contributed by atoms with Crippen molar-refractivity contribution in [1.82, 2.24) is 4.90 Å². The first kappa shape index (κ1) is 18.4. The number of hydrogen-bond donors (Lipinski definition) is 1. The molecule has 26 heavy (non-hydrogen) atoms. The molecule has 1 N–H and O–H groups in total. The van der Waals surface area contributed by atoms with Crippen molar-refractivity contribution in [2.24, 2.45) is 5.92 Å². The molecule has 6 heteroatoms. The topological polar surface area (TPSA) is 83.9 Å². The fourth-order valence-corrected chi connectivity index (χ4v) is 4.31. The summed E-state index contributed by atoms with van der Waals surface area (Å²) in [5.74, 6) is -0.316. The van der Waals surface area contributed by atoms with Crippen LogP contribution in [0.1, 0.15) is 55.3 Å². The van der Waals surface area contributed by atoms with E-state index in [0.29, 0.717) is 17.7 Å². The molecule has 0 spiro atoms. The fourth-order valence-electron chi connectivity index (χ4n) is 4.31. The number of carbonyl (C=O) groups is 3. The zero-order valence-corrected chi connectivity index (χ0v) is 15.0. The summed E-state index contributed by atoms with van der Waals surface area (Å²) in [5, 5.41) is 9.51. The summed E-state index contributed by atoms with van der Waals surface area (Å²) in [5.41, 5.74) is 0.533. The van der Waals surface area contributed by atoms with Gasteiger partial charge in [-0.2, -0.15) is 0 Å². The summed E-state index contributed by atoms with van der Waals surface area (Å²) in [7, 11) is 1.56. The Morgan fingerprint density at radius 3 is 2.46 bits per heavy atom. The highest BCUT2D eigenvalue weighted by Crippen LogP contribution is 2.40. The van der Waals surface area contributed by atoms with Crippen molar-refractivity contribution in [3.8, 4) is 5.75 Å². The van der Waals surface area contributed by atoms with Crippen LogP contribution in [0, 0.1) is 5.92 Å². The van der Waals surface area contributed by atoms with E-state index >= 15 is 0 Å². The van der Waals surface area contributed by atoms with Crippen LogP contribution in [-0.4, -0.2) is 46.9 Å². The highest BCUT2D eigenvalue weighted by atomic mass is 16.5. The highest BCUT2D eigenvalue weighted by molar-refractivity contribution is 5.98. The summed E-state index contributed by atoms with van der Waals surface area (Å²) in [6, 6.07) is 6.06. The third kappa shape index (κ3) is 3.74. The van der Waals surface area contributed by atoms with Crippen molar-refractivity contribution in [1.29, 1.82) is 0 Å². The quantitative estimate of drug-likeness (QED) is 0.790. The van der Waals surface area contributed by atoms with Gasteiger partial charge in [0.05, 0.1) is 7.11 Å². The van der Waals surface area contributed by atoms with Gasteiger partial charge in [-0.3, -0.25) is 9.59 Å². The van der Waals surface area contributed by atoms with Gasteiger partial charge < -0.3 is 14.7 Å². The zero-order chi connectivity index (χ0) is 18.7. The van der Waals surface area contributed by atoms with Gasteiger partial charge in [-0.05, 0) is 49.4 Å². The Morgan fingerprint density at radius 2 is 1.81 bits per heavy atom. The molecule has 0 bridgehead atoms. The van der Waals surface area contributed by atoms with Gasteiger partial charge in [0.15, 0.2) is 5.78 Å². The molecule has 3 rings (SSSR count). The van der Waals surface area contributed by atoms with Gasteiger partial charge in [-0.25, -0.2) is 4.79 Å². The average Bonchev–Trinajstić information content (AvgIpc) is 3.06. The van der Waals surface area contributed by atoms with E-state index < -0.39 is 12.0 Å². The first-order valence-electron chi connectivity index (χ1n) is 9.22. The number of aliphatic carboxylic acids is 1. The maximum Gasteiger partial charge on any atom is 0.326 e. The number of amides is 1. The van der Waals surface area contributed by atoms with E-state index in [0.717, 1.165) is 25.7 Å². The molecule has 1 aromatic carbocycles. The Bertz CT molecular complexity index is 684. The second-order valence-electron chi connectivity index (χ2n) is 7.15. The SMILES string of the molecule is COc1ccc(C(=O)CCC(=O)N2C(C(=O)O)CC3CCCCC32)cc1. The average molecular weight is 359 g/mol. The normalized spacial score (nSPS) is 24.8. The predicted molar refractivity (Wildman–Crippen MR) is 95.2 cm³/mol. The molecule has 3 unspecified atom stereocenters. The van der Waals surface area contributed by atoms with Crippen molar-refractivity contribution in [2.75, 3.05) is 7.11 Å². The van der Waals surface area contributed by atoms with E-state index in [2.05, 4.69) is 0 Å². The van der Waals surface area contributed by atoms with Gasteiger partial charge in [0.25, 0.3) is 0 Å². The lowest BCUT2D eigenvalue weighted by molar-refractivity contribution is -0.149. The summed E-state index contributed by atoms with van der Waals surface area (Å²) in [6.07, 6.45) is 4.67. The summed E-state index contributed by atoms with van der Waals surface area (Å²) in [4.78, 5) is 38.2. The fraction of sp³-hybridized carbons (Fsp3) is 0.550. The van der Waals surface area contributed by atoms with Crippen molar-refractivity contribution in [2.45, 2.75) is 57.0 Å². The molecule has 1 aliphatic heterocycles. The Morgan fingerprint density at radius 1 is 1.12 bits per heavy atom. The number of Topliss-reactive ketones (excluding diaryl/α,β-unsaturated/α-hetero) is 1. The molecule has 1 saturated heterocycles. The summed E-state index contributed by atoms with van der Waals surface area (Å²) in [6.45, 7) is 0. The number of likely N-dealkylation sites (tertiary alicyclic amines) is 1. The van der Waals surface area contributed by atoms with Crippen molar-refractivity contribution >= 4 is 17.7 Å². The third-order valence-corrected chi connectivity index (χ3v) is 5.64. The number of hydrogen-bond acceptors (Lipinski definition) is 4. The van der Waals surface area contributed by atoms with Crippen molar-refractivity contribution < 1.29 is 24.2 Å². The second-order valence-corrected chi connectivity index (χ2v) is 7.15. The minimum Gasteiger partial charge on any atom is -0.497 e. The standard InChI is InChI=1S/C20H25NO5/c1-26-15-8-6-13(7-9-15)18(22)10-11-19(23)21-16-5-3-2-4-14(16)12-17(21)20(24)25/h6-9,14,16-17H,2-5,10-12H2,1H3,(H,24,25). The van der Waals surface area contributed by atoms with Crippen LogP contribution in [0.15, 0.2) is 24.3 Å². The molecule has 0 aromatic heterocycles. The first-order chi connectivity index (χ1) is 12.5. The molecule has 2 fully saturated rings. The largest absolute Gasteiger partial charge is 0.497 e. The molecular formula is C20H25NO5. The molecule has 1 amide bonds. The van der Waals surface area contributed by atoms with Gasteiger partial charge in [0.1, 0.15) is 11.8 Å². The molecule has 6 nitrogen and oxygen atoms in total. The number of ether oxygens (including phenoxy) is 1. The number of carbonyl (C=O) groups excluding carboxylic acids is 2. The van der Waals surface area contributed by atoms with Gasteiger partial charge in [0, 0.05) is 24.4 Å². The number of nitrogens with zero attached hydrogens (tertiary/aromatic N) is 1. The molecule has 1 saturated carbocycles. The predicted octanol–water partition coefficient (Wildman–Crippen LogP) is 2.90. The zero-order valence-electron chi connectivity index (χ0n) is 15.0. The van der Waals surface area contributed by atoms with Crippen LogP contribution in [0.3, 0.4) is 0 Å². The van der Waals surface area contributed by atoms with Crippen molar-refractivity contribution in [3.63, 3.8) is 0 Å². The Balaban J connectivity index is 1.63. The second kappa shape index (κ2) is 7.89. The van der Waals surface area contributed by atoms with E-state index in [-0.39, 0.29) is 36.5 Å². The Hall–Kier alpha value is -2.37. The highest BCUT2D eigenvalue weighted by Gasteiger charge is 2.47. The Labute approximate surface area is 153 Å². The number of carboxylic acid groups (broad SMARTS) is 1. The molecular weight excluding hydrogens is 334 g/mol. The summed E-state index contributed by atoms with van der Waals surface area (Å²) >= 11 is 0.